The van der Waals surface area contributed by atoms with Gasteiger partial charge in [-0.25, -0.2) is 4.39 Å². The second-order valence-corrected chi connectivity index (χ2v) is 9.02. The van der Waals surface area contributed by atoms with Crippen LogP contribution in [0.15, 0.2) is 0 Å². The SMILES string of the molecule is [B][C@@H]1O[C@H](COC(C)C)[C@H](OP(=O)([O-])OC[C@@]2(F)O[C@@H]([B])C[C@H]2OC(C)C)C1O. The molecule has 2 fully saturated rings. The van der Waals surface area contributed by atoms with E-state index < -0.39 is 56.7 Å². The molecule has 8 atom stereocenters. The maximum absolute atomic E-state index is 15.1. The standard InChI is InChI=1S/C16H28B2FO9P/c1-8(2)23-6-10-14(13(20)15(18)26-10)28-29(21,22)24-7-16(19)11(25-9(3)4)5-12(17)27-16/h8-15,20H,5-7H2,1-4H3,(H,21,22)/p-1/t10-,11-,12-,13?,14+,15-,16-/m1/s1. The van der Waals surface area contributed by atoms with Crippen molar-refractivity contribution in [2.45, 2.75) is 88.6 Å². The molecular formula is C16H27B2FO9P-. The van der Waals surface area contributed by atoms with Gasteiger partial charge in [-0.2, -0.15) is 0 Å². The van der Waals surface area contributed by atoms with Crippen LogP contribution < -0.4 is 4.89 Å². The van der Waals surface area contributed by atoms with Crippen LogP contribution in [0.5, 0.6) is 0 Å². The second-order valence-electron chi connectivity index (χ2n) is 7.65. The Balaban J connectivity index is 1.99. The summed E-state index contributed by atoms with van der Waals surface area (Å²) in [7, 11) is 6.13. The summed E-state index contributed by atoms with van der Waals surface area (Å²) in [4.78, 5) is 12.3. The lowest BCUT2D eigenvalue weighted by Gasteiger charge is -2.33. The smallest absolute Gasteiger partial charge is 0.268 e. The first-order chi connectivity index (χ1) is 13.3. The van der Waals surface area contributed by atoms with Crippen LogP contribution in [0.2, 0.25) is 0 Å². The van der Waals surface area contributed by atoms with Crippen molar-refractivity contribution in [3.8, 4) is 0 Å². The fraction of sp³-hybridized carbons (Fsp3) is 1.00. The Bertz CT molecular complexity index is 587. The van der Waals surface area contributed by atoms with Crippen LogP contribution in [0.4, 0.5) is 4.39 Å². The number of hydrogen-bond acceptors (Lipinski definition) is 9. The summed E-state index contributed by atoms with van der Waals surface area (Å²) in [5, 5.41) is 10.1. The molecule has 0 aromatic carbocycles. The average Bonchev–Trinajstić information content (AvgIpc) is 3.01. The number of alkyl halides is 1. The van der Waals surface area contributed by atoms with Gasteiger partial charge in [0.1, 0.15) is 46.7 Å². The van der Waals surface area contributed by atoms with Gasteiger partial charge in [-0.1, -0.05) is 0 Å². The number of aliphatic hydroxyl groups is 1. The minimum Gasteiger partial charge on any atom is -0.756 e. The minimum atomic E-state index is -5.08. The van der Waals surface area contributed by atoms with Crippen molar-refractivity contribution in [2.24, 2.45) is 0 Å². The monoisotopic (exact) mass is 435 g/mol. The quantitative estimate of drug-likeness (QED) is 0.372. The van der Waals surface area contributed by atoms with Crippen molar-refractivity contribution in [3.05, 3.63) is 0 Å². The summed E-state index contributed by atoms with van der Waals surface area (Å²) < 4.78 is 58.0. The summed E-state index contributed by atoms with van der Waals surface area (Å²) >= 11 is 0. The molecule has 1 N–H and O–H groups in total. The molecule has 2 heterocycles. The van der Waals surface area contributed by atoms with E-state index >= 15 is 4.39 Å². The first-order valence-corrected chi connectivity index (χ1v) is 10.9. The highest BCUT2D eigenvalue weighted by Gasteiger charge is 2.51. The van der Waals surface area contributed by atoms with E-state index in [0.29, 0.717) is 0 Å². The predicted molar refractivity (Wildman–Crippen MR) is 99.0 cm³/mol. The third-order valence-corrected chi connectivity index (χ3v) is 5.29. The molecule has 2 saturated heterocycles. The van der Waals surface area contributed by atoms with Crippen molar-refractivity contribution >= 4 is 23.5 Å². The van der Waals surface area contributed by atoms with Crippen LogP contribution in [0.25, 0.3) is 0 Å². The van der Waals surface area contributed by atoms with Gasteiger partial charge in [-0.15, -0.1) is 0 Å². The summed E-state index contributed by atoms with van der Waals surface area (Å²) in [6, 6.07) is -2.15. The van der Waals surface area contributed by atoms with Gasteiger partial charge in [-0.3, -0.25) is 4.57 Å². The minimum absolute atomic E-state index is 0.0285. The van der Waals surface area contributed by atoms with Crippen molar-refractivity contribution in [2.75, 3.05) is 13.2 Å². The van der Waals surface area contributed by atoms with Gasteiger partial charge in [0.05, 0.1) is 18.8 Å². The Labute approximate surface area is 172 Å². The Kier molecular flexibility index (Phi) is 8.75. The topological polar surface area (TPSA) is 116 Å². The van der Waals surface area contributed by atoms with Gasteiger partial charge in [0.15, 0.2) is 0 Å². The van der Waals surface area contributed by atoms with E-state index in [2.05, 4.69) is 4.52 Å². The largest absolute Gasteiger partial charge is 0.756 e. The highest BCUT2D eigenvalue weighted by molar-refractivity contribution is 7.45. The number of ether oxygens (including phenoxy) is 4. The van der Waals surface area contributed by atoms with Crippen LogP contribution in [0, 0.1) is 0 Å². The van der Waals surface area contributed by atoms with Gasteiger partial charge < -0.3 is 38.0 Å². The number of rotatable bonds is 10. The lowest BCUT2D eigenvalue weighted by molar-refractivity contribution is -0.252. The molecule has 0 aliphatic carbocycles. The molecule has 0 spiro atoms. The number of halogens is 1. The fourth-order valence-electron chi connectivity index (χ4n) is 3.04. The molecule has 0 saturated carbocycles. The van der Waals surface area contributed by atoms with Gasteiger partial charge in [0.2, 0.25) is 0 Å². The van der Waals surface area contributed by atoms with E-state index in [-0.39, 0.29) is 25.2 Å². The van der Waals surface area contributed by atoms with Gasteiger partial charge in [0.25, 0.3) is 13.7 Å². The van der Waals surface area contributed by atoms with E-state index in [1.165, 1.54) is 0 Å². The van der Waals surface area contributed by atoms with Gasteiger partial charge in [-0.05, 0) is 34.1 Å². The highest BCUT2D eigenvalue weighted by Crippen LogP contribution is 2.46. The molecule has 0 aromatic rings. The second kappa shape index (κ2) is 10.1. The number of phosphoric ester groups is 1. The Morgan fingerprint density at radius 2 is 1.97 bits per heavy atom. The number of phosphoric acid groups is 1. The summed E-state index contributed by atoms with van der Waals surface area (Å²) in [6.07, 6.45) is -5.38. The number of aliphatic hydroxyl groups excluding tert-OH is 1. The molecule has 0 bridgehead atoms. The maximum Gasteiger partial charge on any atom is 0.268 e. The molecule has 2 rings (SSSR count). The molecule has 9 nitrogen and oxygen atoms in total. The molecule has 0 aromatic heterocycles. The van der Waals surface area contributed by atoms with Crippen LogP contribution in [-0.2, 0) is 32.6 Å². The molecular weight excluding hydrogens is 408 g/mol. The Hall–Kier alpha value is -0.0301. The third-order valence-electron chi connectivity index (χ3n) is 4.35. The fourth-order valence-corrected chi connectivity index (χ4v) is 3.99. The lowest BCUT2D eigenvalue weighted by atomic mass is 9.93. The Morgan fingerprint density at radius 1 is 1.31 bits per heavy atom. The van der Waals surface area contributed by atoms with Crippen LogP contribution in [-0.4, -0.2) is 88.5 Å². The molecule has 29 heavy (non-hydrogen) atoms. The van der Waals surface area contributed by atoms with Crippen molar-refractivity contribution in [1.82, 2.24) is 0 Å². The van der Waals surface area contributed by atoms with Crippen molar-refractivity contribution < 1.29 is 47.0 Å². The first-order valence-electron chi connectivity index (χ1n) is 9.45. The zero-order valence-corrected chi connectivity index (χ0v) is 17.8. The van der Waals surface area contributed by atoms with E-state index in [0.717, 1.165) is 0 Å². The molecule has 4 radical (unpaired) electrons. The van der Waals surface area contributed by atoms with Gasteiger partial charge in [0, 0.05) is 12.0 Å². The van der Waals surface area contributed by atoms with Crippen molar-refractivity contribution in [1.29, 1.82) is 0 Å². The Morgan fingerprint density at radius 3 is 2.55 bits per heavy atom. The molecule has 2 aliphatic rings. The number of hydrogen-bond donors (Lipinski definition) is 1. The first kappa shape index (κ1) is 25.2. The molecule has 164 valence electrons. The van der Waals surface area contributed by atoms with E-state index in [1.54, 1.807) is 27.7 Å². The summed E-state index contributed by atoms with van der Waals surface area (Å²) in [5.41, 5.74) is 0. The van der Waals surface area contributed by atoms with Gasteiger partial charge >= 0.3 is 0 Å². The molecule has 0 amide bonds. The molecule has 2 aliphatic heterocycles. The van der Waals surface area contributed by atoms with E-state index in [1.807, 2.05) is 0 Å². The van der Waals surface area contributed by atoms with E-state index in [9.17, 15) is 14.6 Å². The highest BCUT2D eigenvalue weighted by atomic mass is 31.2. The summed E-state index contributed by atoms with van der Waals surface area (Å²) in [6.45, 7) is 5.83. The molecule has 2 unspecified atom stereocenters. The maximum atomic E-state index is 15.1. The van der Waals surface area contributed by atoms with Crippen LogP contribution in [0.1, 0.15) is 34.1 Å². The van der Waals surface area contributed by atoms with Crippen molar-refractivity contribution in [3.63, 3.8) is 0 Å². The summed E-state index contributed by atoms with van der Waals surface area (Å²) in [5.74, 6) is -2.57. The zero-order chi connectivity index (χ0) is 22.0. The van der Waals surface area contributed by atoms with Crippen LogP contribution >= 0.6 is 7.82 Å². The third kappa shape index (κ3) is 6.98. The molecule has 13 heteroatoms. The van der Waals surface area contributed by atoms with Crippen LogP contribution in [0.3, 0.4) is 0 Å². The van der Waals surface area contributed by atoms with E-state index in [4.69, 9.17) is 39.2 Å². The normalized spacial score (nSPS) is 40.0. The lowest BCUT2D eigenvalue weighted by Crippen LogP contribution is -2.43. The average molecular weight is 435 g/mol. The zero-order valence-electron chi connectivity index (χ0n) is 16.9. The predicted octanol–water partition coefficient (Wildman–Crippen LogP) is -0.0898.